The normalized spacial score (nSPS) is 10.2. The third kappa shape index (κ3) is 2.90. The number of nitrogens with zero attached hydrogens (tertiary/aromatic N) is 2. The van der Waals surface area contributed by atoms with Gasteiger partial charge in [0.05, 0.1) is 6.42 Å². The summed E-state index contributed by atoms with van der Waals surface area (Å²) in [7, 11) is 0. The van der Waals surface area contributed by atoms with Gasteiger partial charge in [-0.2, -0.15) is 4.98 Å². The van der Waals surface area contributed by atoms with Crippen LogP contribution in [0.3, 0.4) is 0 Å². The van der Waals surface area contributed by atoms with Gasteiger partial charge in [-0.1, -0.05) is 24.3 Å². The fraction of sp³-hybridized carbons (Fsp3) is 0.250. The second kappa shape index (κ2) is 4.78. The van der Waals surface area contributed by atoms with Gasteiger partial charge in [-0.3, -0.25) is 15.2 Å². The number of benzene rings is 1. The number of hydrogen-bond donors (Lipinski definition) is 2. The van der Waals surface area contributed by atoms with Gasteiger partial charge in [-0.25, -0.2) is 0 Å². The molecule has 2 N–H and O–H groups in total. The molecule has 2 aromatic rings. The van der Waals surface area contributed by atoms with Gasteiger partial charge < -0.3 is 0 Å². The van der Waals surface area contributed by atoms with Gasteiger partial charge in [-0.15, -0.1) is 5.10 Å². The average molecular weight is 230 g/mol. The van der Waals surface area contributed by atoms with Gasteiger partial charge >= 0.3 is 0 Å². The Hall–Kier alpha value is -2.17. The first-order chi connectivity index (χ1) is 8.15. The number of aromatic nitrogens is 3. The van der Waals surface area contributed by atoms with E-state index < -0.39 is 0 Å². The second-order valence-electron chi connectivity index (χ2n) is 3.90. The summed E-state index contributed by atoms with van der Waals surface area (Å²) in [6.07, 6.45) is 0.334. The maximum Gasteiger partial charge on any atom is 0.248 e. The third-order valence-electron chi connectivity index (χ3n) is 2.46. The van der Waals surface area contributed by atoms with Gasteiger partial charge in [0, 0.05) is 0 Å². The van der Waals surface area contributed by atoms with E-state index in [4.69, 9.17) is 0 Å². The highest BCUT2D eigenvalue weighted by atomic mass is 16.1. The summed E-state index contributed by atoms with van der Waals surface area (Å²) in [4.78, 5) is 15.8. The number of aryl methyl sites for hydroxylation is 2. The molecule has 0 aliphatic heterocycles. The molecule has 0 saturated heterocycles. The van der Waals surface area contributed by atoms with Gasteiger partial charge in [0.2, 0.25) is 11.9 Å². The van der Waals surface area contributed by atoms with Crippen LogP contribution < -0.4 is 5.32 Å². The van der Waals surface area contributed by atoms with Crippen molar-refractivity contribution in [2.45, 2.75) is 20.3 Å². The van der Waals surface area contributed by atoms with Crippen LogP contribution in [0.15, 0.2) is 24.3 Å². The van der Waals surface area contributed by atoms with Crippen molar-refractivity contribution in [1.29, 1.82) is 0 Å². The number of carbonyl (C=O) groups is 1. The van der Waals surface area contributed by atoms with E-state index in [1.807, 2.05) is 31.2 Å². The van der Waals surface area contributed by atoms with Crippen LogP contribution in [-0.4, -0.2) is 21.1 Å². The summed E-state index contributed by atoms with van der Waals surface area (Å²) >= 11 is 0. The molecule has 0 bridgehead atoms. The van der Waals surface area contributed by atoms with E-state index in [1.165, 1.54) is 0 Å². The molecule has 1 amide bonds. The number of rotatable bonds is 3. The minimum atomic E-state index is -0.113. The fourth-order valence-electron chi connectivity index (χ4n) is 1.55. The van der Waals surface area contributed by atoms with E-state index in [1.54, 1.807) is 6.92 Å². The van der Waals surface area contributed by atoms with Gasteiger partial charge in [0.1, 0.15) is 5.82 Å². The van der Waals surface area contributed by atoms with Crippen LogP contribution >= 0.6 is 0 Å². The van der Waals surface area contributed by atoms with Crippen molar-refractivity contribution in [1.82, 2.24) is 15.2 Å². The Balaban J connectivity index is 2.01. The van der Waals surface area contributed by atoms with E-state index in [0.29, 0.717) is 18.2 Å². The molecule has 0 unspecified atom stereocenters. The molecule has 0 aliphatic carbocycles. The Labute approximate surface area is 99.3 Å². The Kier molecular flexibility index (Phi) is 3.18. The highest BCUT2D eigenvalue weighted by Gasteiger charge is 2.08. The first-order valence-electron chi connectivity index (χ1n) is 5.38. The summed E-state index contributed by atoms with van der Waals surface area (Å²) in [5.74, 6) is 0.885. The van der Waals surface area contributed by atoms with Crippen LogP contribution in [0.1, 0.15) is 17.0 Å². The van der Waals surface area contributed by atoms with Crippen molar-refractivity contribution in [3.63, 3.8) is 0 Å². The predicted molar refractivity (Wildman–Crippen MR) is 64.6 cm³/mol. The van der Waals surface area contributed by atoms with E-state index >= 15 is 0 Å². The van der Waals surface area contributed by atoms with Crippen molar-refractivity contribution < 1.29 is 4.79 Å². The maximum atomic E-state index is 11.7. The Morgan fingerprint density at radius 3 is 2.76 bits per heavy atom. The van der Waals surface area contributed by atoms with Crippen LogP contribution in [0, 0.1) is 13.8 Å². The van der Waals surface area contributed by atoms with Gasteiger partial charge in [-0.05, 0) is 25.0 Å². The minimum Gasteiger partial charge on any atom is -0.293 e. The number of hydrogen-bond acceptors (Lipinski definition) is 3. The van der Waals surface area contributed by atoms with E-state index in [2.05, 4.69) is 20.5 Å². The van der Waals surface area contributed by atoms with Gasteiger partial charge in [0.15, 0.2) is 0 Å². The third-order valence-corrected chi connectivity index (χ3v) is 2.46. The summed E-state index contributed by atoms with van der Waals surface area (Å²) in [6.45, 7) is 3.77. The van der Waals surface area contributed by atoms with Crippen LogP contribution in [-0.2, 0) is 11.2 Å². The lowest BCUT2D eigenvalue weighted by molar-refractivity contribution is -0.115. The van der Waals surface area contributed by atoms with Gasteiger partial charge in [0.25, 0.3) is 0 Å². The molecule has 88 valence electrons. The molecule has 0 atom stereocenters. The Morgan fingerprint density at radius 2 is 2.12 bits per heavy atom. The fourth-order valence-corrected chi connectivity index (χ4v) is 1.55. The lowest BCUT2D eigenvalue weighted by Crippen LogP contribution is -2.15. The van der Waals surface area contributed by atoms with Crippen molar-refractivity contribution in [3.8, 4) is 0 Å². The summed E-state index contributed by atoms with van der Waals surface area (Å²) in [6, 6.07) is 7.81. The zero-order valence-corrected chi connectivity index (χ0v) is 9.82. The quantitative estimate of drug-likeness (QED) is 0.841. The van der Waals surface area contributed by atoms with E-state index in [0.717, 1.165) is 11.1 Å². The summed E-state index contributed by atoms with van der Waals surface area (Å²) < 4.78 is 0. The number of amides is 1. The SMILES string of the molecule is Cc1nc(NC(=O)Cc2ccccc2C)n[nH]1. The molecule has 1 aromatic carbocycles. The Morgan fingerprint density at radius 1 is 1.35 bits per heavy atom. The van der Waals surface area contributed by atoms with E-state index in [-0.39, 0.29) is 5.91 Å². The average Bonchev–Trinajstić information content (AvgIpc) is 2.67. The van der Waals surface area contributed by atoms with Crippen molar-refractivity contribution >= 4 is 11.9 Å². The summed E-state index contributed by atoms with van der Waals surface area (Å²) in [5, 5.41) is 9.17. The minimum absolute atomic E-state index is 0.113. The molecule has 0 fully saturated rings. The maximum absolute atomic E-state index is 11.7. The lowest BCUT2D eigenvalue weighted by Gasteiger charge is -2.04. The molecule has 0 spiro atoms. The highest BCUT2D eigenvalue weighted by molar-refractivity contribution is 5.90. The summed E-state index contributed by atoms with van der Waals surface area (Å²) in [5.41, 5.74) is 2.12. The topological polar surface area (TPSA) is 70.7 Å². The number of anilines is 1. The van der Waals surface area contributed by atoms with E-state index in [9.17, 15) is 4.79 Å². The molecule has 5 nitrogen and oxygen atoms in total. The number of H-pyrrole nitrogens is 1. The molecular weight excluding hydrogens is 216 g/mol. The molecular formula is C12H14N4O. The van der Waals surface area contributed by atoms with Crippen molar-refractivity contribution in [3.05, 3.63) is 41.2 Å². The van der Waals surface area contributed by atoms with Crippen LogP contribution in [0.25, 0.3) is 0 Å². The van der Waals surface area contributed by atoms with Crippen LogP contribution in [0.5, 0.6) is 0 Å². The van der Waals surface area contributed by atoms with Crippen LogP contribution in [0.4, 0.5) is 5.95 Å². The standard InChI is InChI=1S/C12H14N4O/c1-8-5-3-4-6-10(8)7-11(17)14-12-13-9(2)15-16-12/h3-6H,7H2,1-2H3,(H2,13,14,15,16,17). The first-order valence-corrected chi connectivity index (χ1v) is 5.38. The van der Waals surface area contributed by atoms with Crippen LogP contribution in [0.2, 0.25) is 0 Å². The first kappa shape index (κ1) is 11.3. The monoisotopic (exact) mass is 230 g/mol. The molecule has 1 aromatic heterocycles. The molecule has 0 radical (unpaired) electrons. The zero-order chi connectivity index (χ0) is 12.3. The smallest absolute Gasteiger partial charge is 0.248 e. The molecule has 17 heavy (non-hydrogen) atoms. The predicted octanol–water partition coefficient (Wildman–Crippen LogP) is 1.60. The number of aromatic amines is 1. The zero-order valence-electron chi connectivity index (χ0n) is 9.82. The molecule has 0 aliphatic rings. The highest BCUT2D eigenvalue weighted by Crippen LogP contribution is 2.08. The number of nitrogens with one attached hydrogen (secondary N) is 2. The van der Waals surface area contributed by atoms with Crippen molar-refractivity contribution in [2.75, 3.05) is 5.32 Å². The lowest BCUT2D eigenvalue weighted by atomic mass is 10.1. The molecule has 1 heterocycles. The van der Waals surface area contributed by atoms with Crippen molar-refractivity contribution in [2.24, 2.45) is 0 Å². The number of carbonyl (C=O) groups excluding carboxylic acids is 1. The molecule has 0 saturated carbocycles. The molecule has 5 heteroatoms. The largest absolute Gasteiger partial charge is 0.293 e. The Bertz CT molecular complexity index is 533. The molecule has 2 rings (SSSR count). The second-order valence-corrected chi connectivity index (χ2v) is 3.90.